The number of hydrogen-bond donors (Lipinski definition) is 0. The van der Waals surface area contributed by atoms with Crippen LogP contribution in [0.3, 0.4) is 0 Å². The number of hydrogen-bond acceptors (Lipinski definition) is 0. The average molecular weight is 229 g/mol. The Hall–Kier alpha value is -1.27. The van der Waals surface area contributed by atoms with Gasteiger partial charge >= 0.3 is 0 Å². The van der Waals surface area contributed by atoms with Crippen molar-refractivity contribution in [3.05, 3.63) is 65.3 Å². The van der Waals surface area contributed by atoms with Crippen LogP contribution in [0.5, 0.6) is 0 Å². The van der Waals surface area contributed by atoms with Gasteiger partial charge in [0, 0.05) is 5.92 Å². The van der Waals surface area contributed by atoms with Gasteiger partial charge in [-0.3, -0.25) is 0 Å². The highest BCUT2D eigenvalue weighted by molar-refractivity contribution is 6.49. The quantitative estimate of drug-likeness (QED) is 0.620. The number of allylic oxidation sites excluding steroid dienone is 5. The second-order valence-electron chi connectivity index (χ2n) is 4.32. The van der Waals surface area contributed by atoms with Crippen molar-refractivity contribution in [3.8, 4) is 0 Å². The van der Waals surface area contributed by atoms with E-state index >= 15 is 0 Å². The third-order valence-electron chi connectivity index (χ3n) is 3.36. The monoisotopic (exact) mass is 228 g/mol. The molecule has 0 aliphatic heterocycles. The van der Waals surface area contributed by atoms with Crippen molar-refractivity contribution < 1.29 is 0 Å². The predicted molar refractivity (Wildman–Crippen MR) is 69.3 cm³/mol. The molecule has 0 amide bonds. The first-order valence-electron chi connectivity index (χ1n) is 5.69. The van der Waals surface area contributed by atoms with Crippen molar-refractivity contribution in [2.75, 3.05) is 0 Å². The molecule has 1 atom stereocenters. The fourth-order valence-electron chi connectivity index (χ4n) is 2.49. The number of benzene rings is 1. The SMILES string of the molecule is ClC1=C2C=CC=CC2CCc2ccccc21. The van der Waals surface area contributed by atoms with Crippen LogP contribution >= 0.6 is 11.6 Å². The highest BCUT2D eigenvalue weighted by Crippen LogP contribution is 2.38. The first-order chi connectivity index (χ1) is 7.86. The molecule has 0 saturated carbocycles. The van der Waals surface area contributed by atoms with Crippen LogP contribution in [-0.4, -0.2) is 0 Å². The van der Waals surface area contributed by atoms with Gasteiger partial charge in [0.25, 0.3) is 0 Å². The zero-order valence-corrected chi connectivity index (χ0v) is 9.74. The summed E-state index contributed by atoms with van der Waals surface area (Å²) in [4.78, 5) is 0. The summed E-state index contributed by atoms with van der Waals surface area (Å²) in [6, 6.07) is 8.46. The van der Waals surface area contributed by atoms with Crippen molar-refractivity contribution >= 4 is 16.6 Å². The molecular formula is C15H13Cl. The zero-order valence-electron chi connectivity index (χ0n) is 8.99. The summed E-state index contributed by atoms with van der Waals surface area (Å²) in [5.74, 6) is 0.491. The lowest BCUT2D eigenvalue weighted by Gasteiger charge is -2.15. The summed E-state index contributed by atoms with van der Waals surface area (Å²) in [5, 5.41) is 0.929. The molecule has 0 nitrogen and oxygen atoms in total. The molecule has 2 aliphatic rings. The molecule has 1 unspecified atom stereocenters. The van der Waals surface area contributed by atoms with Gasteiger partial charge < -0.3 is 0 Å². The van der Waals surface area contributed by atoms with E-state index in [1.807, 2.05) is 0 Å². The van der Waals surface area contributed by atoms with Gasteiger partial charge in [-0.15, -0.1) is 0 Å². The second kappa shape index (κ2) is 3.95. The lowest BCUT2D eigenvalue weighted by molar-refractivity contribution is 0.691. The molecule has 16 heavy (non-hydrogen) atoms. The molecule has 0 aromatic heterocycles. The molecule has 0 fully saturated rings. The smallest absolute Gasteiger partial charge is 0.0519 e. The zero-order chi connectivity index (χ0) is 11.0. The molecule has 0 N–H and O–H groups in total. The van der Waals surface area contributed by atoms with Gasteiger partial charge in [0.05, 0.1) is 5.03 Å². The Balaban J connectivity index is 2.18. The molecule has 80 valence electrons. The van der Waals surface area contributed by atoms with Crippen LogP contribution in [0.2, 0.25) is 0 Å². The van der Waals surface area contributed by atoms with Crippen molar-refractivity contribution in [1.82, 2.24) is 0 Å². The third-order valence-corrected chi connectivity index (χ3v) is 3.78. The molecule has 1 heteroatoms. The Labute approximate surface area is 101 Å². The molecule has 0 bridgehead atoms. The molecule has 2 aliphatic carbocycles. The van der Waals surface area contributed by atoms with E-state index in [9.17, 15) is 0 Å². The van der Waals surface area contributed by atoms with E-state index in [1.54, 1.807) is 0 Å². The topological polar surface area (TPSA) is 0 Å². The first kappa shape index (κ1) is 9.92. The van der Waals surface area contributed by atoms with E-state index < -0.39 is 0 Å². The summed E-state index contributed by atoms with van der Waals surface area (Å²) < 4.78 is 0. The molecular weight excluding hydrogens is 216 g/mol. The van der Waals surface area contributed by atoms with Gasteiger partial charge in [-0.2, -0.15) is 0 Å². The summed E-state index contributed by atoms with van der Waals surface area (Å²) >= 11 is 6.52. The van der Waals surface area contributed by atoms with E-state index in [-0.39, 0.29) is 0 Å². The fraction of sp³-hybridized carbons (Fsp3) is 0.200. The highest BCUT2D eigenvalue weighted by atomic mass is 35.5. The van der Waals surface area contributed by atoms with E-state index in [0.29, 0.717) is 5.92 Å². The minimum absolute atomic E-state index is 0.491. The van der Waals surface area contributed by atoms with Crippen LogP contribution in [0.25, 0.3) is 5.03 Å². The Morgan fingerprint density at radius 2 is 2.00 bits per heavy atom. The lowest BCUT2D eigenvalue weighted by atomic mass is 9.91. The molecule has 0 saturated heterocycles. The summed E-state index contributed by atoms with van der Waals surface area (Å²) in [7, 11) is 0. The summed E-state index contributed by atoms with van der Waals surface area (Å²) in [5.41, 5.74) is 3.85. The van der Waals surface area contributed by atoms with Crippen molar-refractivity contribution in [2.24, 2.45) is 5.92 Å². The first-order valence-corrected chi connectivity index (χ1v) is 6.07. The maximum atomic E-state index is 6.52. The average Bonchev–Trinajstić information content (AvgIpc) is 2.49. The number of fused-ring (bicyclic) bond motifs is 2. The Morgan fingerprint density at radius 3 is 2.94 bits per heavy atom. The van der Waals surface area contributed by atoms with Gasteiger partial charge in [0.15, 0.2) is 0 Å². The predicted octanol–water partition coefficient (Wildman–Crippen LogP) is 4.32. The molecule has 1 aromatic rings. The minimum atomic E-state index is 0.491. The third kappa shape index (κ3) is 1.54. The fourth-order valence-corrected chi connectivity index (χ4v) is 2.88. The highest BCUT2D eigenvalue weighted by Gasteiger charge is 2.21. The summed E-state index contributed by atoms with van der Waals surface area (Å²) in [6.07, 6.45) is 10.9. The van der Waals surface area contributed by atoms with Gasteiger partial charge in [-0.05, 0) is 29.5 Å². The molecule has 3 rings (SSSR count). The van der Waals surface area contributed by atoms with Crippen LogP contribution in [0, 0.1) is 5.92 Å². The van der Waals surface area contributed by atoms with Crippen molar-refractivity contribution in [1.29, 1.82) is 0 Å². The van der Waals surface area contributed by atoms with Crippen LogP contribution in [0.1, 0.15) is 17.5 Å². The van der Waals surface area contributed by atoms with Gasteiger partial charge in [0.2, 0.25) is 0 Å². The van der Waals surface area contributed by atoms with Crippen molar-refractivity contribution in [3.63, 3.8) is 0 Å². The van der Waals surface area contributed by atoms with Gasteiger partial charge in [-0.25, -0.2) is 0 Å². The number of halogens is 1. The van der Waals surface area contributed by atoms with Crippen molar-refractivity contribution in [2.45, 2.75) is 12.8 Å². The van der Waals surface area contributed by atoms with Crippen LogP contribution in [-0.2, 0) is 6.42 Å². The lowest BCUT2D eigenvalue weighted by Crippen LogP contribution is -2.01. The van der Waals surface area contributed by atoms with Crippen LogP contribution in [0.4, 0.5) is 0 Å². The van der Waals surface area contributed by atoms with Gasteiger partial charge in [-0.1, -0.05) is 60.2 Å². The standard InChI is InChI=1S/C15H13Cl/c16-15-13-7-3-1-5-11(13)9-10-12-6-2-4-8-14(12)15/h1-8,11H,9-10H2. The van der Waals surface area contributed by atoms with E-state index in [4.69, 9.17) is 11.6 Å². The molecule has 1 aromatic carbocycles. The second-order valence-corrected chi connectivity index (χ2v) is 4.69. The molecule has 0 spiro atoms. The normalized spacial score (nSPS) is 22.7. The molecule has 0 radical (unpaired) electrons. The maximum absolute atomic E-state index is 6.52. The minimum Gasteiger partial charge on any atom is -0.0833 e. The van der Waals surface area contributed by atoms with Crippen LogP contribution in [0.15, 0.2) is 54.1 Å². The number of rotatable bonds is 0. The Morgan fingerprint density at radius 1 is 1.12 bits per heavy atom. The summed E-state index contributed by atoms with van der Waals surface area (Å²) in [6.45, 7) is 0. The maximum Gasteiger partial charge on any atom is 0.0519 e. The van der Waals surface area contributed by atoms with E-state index in [1.165, 1.54) is 16.7 Å². The molecule has 0 heterocycles. The Kier molecular flexibility index (Phi) is 2.45. The largest absolute Gasteiger partial charge is 0.0833 e. The van der Waals surface area contributed by atoms with Gasteiger partial charge in [0.1, 0.15) is 0 Å². The Bertz CT molecular complexity index is 506. The van der Waals surface area contributed by atoms with Crippen LogP contribution < -0.4 is 0 Å². The van der Waals surface area contributed by atoms with E-state index in [0.717, 1.165) is 17.9 Å². The van der Waals surface area contributed by atoms with E-state index in [2.05, 4.69) is 48.6 Å². The number of aryl methyl sites for hydroxylation is 1.